The summed E-state index contributed by atoms with van der Waals surface area (Å²) in [4.78, 5) is 38.2. The molecule has 3 rings (SSSR count). The van der Waals surface area contributed by atoms with E-state index in [-0.39, 0.29) is 11.7 Å². The molecule has 0 bridgehead atoms. The van der Waals surface area contributed by atoms with Crippen molar-refractivity contribution >= 4 is 29.0 Å². The number of nitrogens with one attached hydrogen (secondary N) is 2. The molecule has 0 atom stereocenters. The first-order valence-corrected chi connectivity index (χ1v) is 10.4. The van der Waals surface area contributed by atoms with Crippen LogP contribution in [0.15, 0.2) is 72.8 Å². The summed E-state index contributed by atoms with van der Waals surface area (Å²) in [6.45, 7) is 3.92. The highest BCUT2D eigenvalue weighted by molar-refractivity contribution is 6.16. The molecule has 158 valence electrons. The number of para-hydroxylation sites is 1. The quantitative estimate of drug-likeness (QED) is 0.471. The Morgan fingerprint density at radius 3 is 2.19 bits per heavy atom. The molecule has 0 unspecified atom stereocenters. The zero-order valence-corrected chi connectivity index (χ0v) is 17.8. The summed E-state index contributed by atoms with van der Waals surface area (Å²) in [5, 5.41) is 5.67. The van der Waals surface area contributed by atoms with Crippen LogP contribution in [0.1, 0.15) is 58.0 Å². The second kappa shape index (κ2) is 10.3. The van der Waals surface area contributed by atoms with Crippen LogP contribution in [-0.2, 0) is 4.79 Å². The molecule has 0 saturated heterocycles. The summed E-state index contributed by atoms with van der Waals surface area (Å²) in [6, 6.07) is 21.1. The van der Waals surface area contributed by atoms with Gasteiger partial charge in [0.2, 0.25) is 5.91 Å². The van der Waals surface area contributed by atoms with E-state index in [1.54, 1.807) is 60.7 Å². The van der Waals surface area contributed by atoms with E-state index in [9.17, 15) is 14.4 Å². The van der Waals surface area contributed by atoms with Gasteiger partial charge in [0, 0.05) is 17.5 Å². The molecule has 2 N–H and O–H groups in total. The zero-order valence-electron chi connectivity index (χ0n) is 17.8. The molecular weight excluding hydrogens is 388 g/mol. The Balaban J connectivity index is 1.86. The smallest absolute Gasteiger partial charge is 0.257 e. The van der Waals surface area contributed by atoms with Crippen LogP contribution in [0, 0.1) is 6.92 Å². The predicted octanol–water partition coefficient (Wildman–Crippen LogP) is 5.61. The van der Waals surface area contributed by atoms with Crippen molar-refractivity contribution in [3.8, 4) is 0 Å². The normalized spacial score (nSPS) is 10.4. The lowest BCUT2D eigenvalue weighted by Crippen LogP contribution is -2.19. The molecule has 5 nitrogen and oxygen atoms in total. The van der Waals surface area contributed by atoms with Gasteiger partial charge in [0.05, 0.1) is 16.9 Å². The molecule has 0 radical (unpaired) electrons. The number of benzene rings is 3. The van der Waals surface area contributed by atoms with Crippen LogP contribution >= 0.6 is 0 Å². The third-order valence-corrected chi connectivity index (χ3v) is 4.91. The second-order valence-corrected chi connectivity index (χ2v) is 7.40. The monoisotopic (exact) mass is 414 g/mol. The third-order valence-electron chi connectivity index (χ3n) is 4.91. The maximum atomic E-state index is 13.1. The van der Waals surface area contributed by atoms with Crippen molar-refractivity contribution in [2.75, 3.05) is 10.6 Å². The third kappa shape index (κ3) is 5.66. The highest BCUT2D eigenvalue weighted by atomic mass is 16.2. The van der Waals surface area contributed by atoms with E-state index in [1.807, 2.05) is 26.0 Å². The van der Waals surface area contributed by atoms with Gasteiger partial charge in [-0.1, -0.05) is 67.4 Å². The Hall–Kier alpha value is -3.73. The average molecular weight is 415 g/mol. The fraction of sp³-hybridized carbons (Fsp3) is 0.192. The summed E-state index contributed by atoms with van der Waals surface area (Å²) in [5.41, 5.74) is 3.10. The molecule has 3 aromatic carbocycles. The maximum absolute atomic E-state index is 13.1. The Morgan fingerprint density at radius 2 is 1.45 bits per heavy atom. The number of rotatable bonds is 8. The molecule has 5 heteroatoms. The Labute approximate surface area is 182 Å². The van der Waals surface area contributed by atoms with Crippen LogP contribution in [0.2, 0.25) is 0 Å². The van der Waals surface area contributed by atoms with E-state index < -0.39 is 5.91 Å². The number of ketones is 1. The molecule has 0 spiro atoms. The highest BCUT2D eigenvalue weighted by Crippen LogP contribution is 2.24. The van der Waals surface area contributed by atoms with Crippen LogP contribution in [0.25, 0.3) is 0 Å². The maximum Gasteiger partial charge on any atom is 0.257 e. The van der Waals surface area contributed by atoms with E-state index >= 15 is 0 Å². The fourth-order valence-electron chi connectivity index (χ4n) is 3.23. The standard InChI is InChI=1S/C26H26N2O3/c1-3-4-14-24(29)27-22-13-9-8-12-20(22)26(31)28-23-16-15-18(2)17-21(23)25(30)19-10-6-5-7-11-19/h5-13,15-17H,3-4,14H2,1-2H3,(H,27,29)(H,28,31). The van der Waals surface area contributed by atoms with E-state index in [2.05, 4.69) is 10.6 Å². The molecule has 0 fully saturated rings. The minimum atomic E-state index is -0.391. The lowest BCUT2D eigenvalue weighted by molar-refractivity contribution is -0.116. The summed E-state index contributed by atoms with van der Waals surface area (Å²) >= 11 is 0. The van der Waals surface area contributed by atoms with Crippen molar-refractivity contribution in [2.45, 2.75) is 33.1 Å². The number of unbranched alkanes of at least 4 members (excludes halogenated alkanes) is 1. The summed E-state index contributed by atoms with van der Waals surface area (Å²) in [6.07, 6.45) is 2.11. The fourth-order valence-corrected chi connectivity index (χ4v) is 3.23. The molecule has 2 amide bonds. The lowest BCUT2D eigenvalue weighted by Gasteiger charge is -2.14. The molecular formula is C26H26N2O3. The number of amides is 2. The SMILES string of the molecule is CCCCC(=O)Nc1ccccc1C(=O)Nc1ccc(C)cc1C(=O)c1ccccc1. The predicted molar refractivity (Wildman–Crippen MR) is 124 cm³/mol. The van der Waals surface area contributed by atoms with Gasteiger partial charge in [0.15, 0.2) is 5.78 Å². The molecule has 0 aliphatic rings. The van der Waals surface area contributed by atoms with Gasteiger partial charge in [-0.25, -0.2) is 0 Å². The molecule has 0 aliphatic heterocycles. The number of hydrogen-bond acceptors (Lipinski definition) is 3. The topological polar surface area (TPSA) is 75.3 Å². The van der Waals surface area contributed by atoms with Crippen LogP contribution in [0.4, 0.5) is 11.4 Å². The second-order valence-electron chi connectivity index (χ2n) is 7.40. The van der Waals surface area contributed by atoms with Crippen molar-refractivity contribution in [1.29, 1.82) is 0 Å². The first-order chi connectivity index (χ1) is 15.0. The first-order valence-electron chi connectivity index (χ1n) is 10.4. The Morgan fingerprint density at radius 1 is 0.774 bits per heavy atom. The molecule has 0 aromatic heterocycles. The van der Waals surface area contributed by atoms with Crippen LogP contribution in [0.3, 0.4) is 0 Å². The highest BCUT2D eigenvalue weighted by Gasteiger charge is 2.18. The molecule has 3 aromatic rings. The van der Waals surface area contributed by atoms with Crippen molar-refractivity contribution in [2.24, 2.45) is 0 Å². The summed E-state index contributed by atoms with van der Waals surface area (Å²) in [5.74, 6) is -0.685. The largest absolute Gasteiger partial charge is 0.325 e. The van der Waals surface area contributed by atoms with Gasteiger partial charge in [-0.2, -0.15) is 0 Å². The molecule has 31 heavy (non-hydrogen) atoms. The number of carbonyl (C=O) groups excluding carboxylic acids is 3. The number of carbonyl (C=O) groups is 3. The van der Waals surface area contributed by atoms with Crippen molar-refractivity contribution in [1.82, 2.24) is 0 Å². The minimum absolute atomic E-state index is 0.127. The molecule has 0 saturated carbocycles. The van der Waals surface area contributed by atoms with Gasteiger partial charge in [-0.3, -0.25) is 14.4 Å². The van der Waals surface area contributed by atoms with E-state index in [0.29, 0.717) is 34.5 Å². The van der Waals surface area contributed by atoms with Crippen LogP contribution in [-0.4, -0.2) is 17.6 Å². The zero-order chi connectivity index (χ0) is 22.2. The van der Waals surface area contributed by atoms with Crippen LogP contribution in [0.5, 0.6) is 0 Å². The minimum Gasteiger partial charge on any atom is -0.325 e. The Kier molecular flexibility index (Phi) is 7.33. The lowest BCUT2D eigenvalue weighted by atomic mass is 9.99. The number of anilines is 2. The van der Waals surface area contributed by atoms with Gasteiger partial charge >= 0.3 is 0 Å². The van der Waals surface area contributed by atoms with Gasteiger partial charge < -0.3 is 10.6 Å². The summed E-state index contributed by atoms with van der Waals surface area (Å²) < 4.78 is 0. The van der Waals surface area contributed by atoms with Gasteiger partial charge in [0.25, 0.3) is 5.91 Å². The summed E-state index contributed by atoms with van der Waals surface area (Å²) in [7, 11) is 0. The van der Waals surface area contributed by atoms with E-state index in [0.717, 1.165) is 18.4 Å². The van der Waals surface area contributed by atoms with Gasteiger partial charge in [-0.05, 0) is 37.6 Å². The molecule has 0 aliphatic carbocycles. The first kappa shape index (κ1) is 22.0. The van der Waals surface area contributed by atoms with Crippen LogP contribution < -0.4 is 10.6 Å². The van der Waals surface area contributed by atoms with Gasteiger partial charge in [-0.15, -0.1) is 0 Å². The Bertz CT molecular complexity index is 1090. The van der Waals surface area contributed by atoms with Gasteiger partial charge in [0.1, 0.15) is 0 Å². The van der Waals surface area contributed by atoms with Crippen molar-refractivity contribution in [3.05, 3.63) is 95.1 Å². The number of hydrogen-bond donors (Lipinski definition) is 2. The van der Waals surface area contributed by atoms with Crippen molar-refractivity contribution in [3.63, 3.8) is 0 Å². The number of aryl methyl sites for hydroxylation is 1. The average Bonchev–Trinajstić information content (AvgIpc) is 2.79. The van der Waals surface area contributed by atoms with Crippen molar-refractivity contribution < 1.29 is 14.4 Å². The molecule has 0 heterocycles. The van der Waals surface area contributed by atoms with E-state index in [1.165, 1.54) is 0 Å². The van der Waals surface area contributed by atoms with E-state index in [4.69, 9.17) is 0 Å².